The molecule has 7 nitrogen and oxygen atoms in total. The van der Waals surface area contributed by atoms with Crippen LogP contribution in [0.1, 0.15) is 42.6 Å². The third-order valence-corrected chi connectivity index (χ3v) is 4.39. The van der Waals surface area contributed by atoms with Gasteiger partial charge < -0.3 is 15.4 Å². The molecule has 156 valence electrons. The summed E-state index contributed by atoms with van der Waals surface area (Å²) in [7, 11) is 0. The molecule has 0 aliphatic rings. The molecule has 0 spiro atoms. The molecule has 0 aliphatic carbocycles. The highest BCUT2D eigenvalue weighted by molar-refractivity contribution is 5.94. The standard InChI is InChI=1S/C23H25N3O4/c1-16(8-9-18-6-4-3-5-7-18)25-22(28)17(2)30-23(29)19-10-12-20(13-11-19)26-21(27)14-15-24/h3-7,10-13,16-17H,8-9,14H2,1-2H3,(H,25,28)(H,26,27)/t16-,17-/m1/s1. The molecule has 0 heterocycles. The van der Waals surface area contributed by atoms with Gasteiger partial charge in [0.05, 0.1) is 11.6 Å². The number of rotatable bonds is 9. The normalized spacial score (nSPS) is 12.2. The van der Waals surface area contributed by atoms with Crippen molar-refractivity contribution in [1.29, 1.82) is 5.26 Å². The molecule has 7 heteroatoms. The topological polar surface area (TPSA) is 108 Å². The van der Waals surface area contributed by atoms with E-state index in [0.717, 1.165) is 12.8 Å². The van der Waals surface area contributed by atoms with Gasteiger partial charge in [0.1, 0.15) is 6.42 Å². The molecular formula is C23H25N3O4. The van der Waals surface area contributed by atoms with Gasteiger partial charge >= 0.3 is 5.97 Å². The first kappa shape index (κ1) is 22.6. The number of amides is 2. The van der Waals surface area contributed by atoms with E-state index in [1.165, 1.54) is 36.8 Å². The maximum atomic E-state index is 12.3. The maximum absolute atomic E-state index is 12.3. The lowest BCUT2D eigenvalue weighted by Gasteiger charge is -2.18. The number of esters is 1. The smallest absolute Gasteiger partial charge is 0.338 e. The van der Waals surface area contributed by atoms with Crippen LogP contribution >= 0.6 is 0 Å². The van der Waals surface area contributed by atoms with E-state index >= 15 is 0 Å². The highest BCUT2D eigenvalue weighted by Crippen LogP contribution is 2.12. The number of anilines is 1. The number of nitrogens with zero attached hydrogens (tertiary/aromatic N) is 1. The van der Waals surface area contributed by atoms with Crippen LogP contribution in [0.25, 0.3) is 0 Å². The van der Waals surface area contributed by atoms with Crippen molar-refractivity contribution < 1.29 is 19.1 Å². The van der Waals surface area contributed by atoms with Crippen molar-refractivity contribution in [2.24, 2.45) is 0 Å². The van der Waals surface area contributed by atoms with E-state index in [2.05, 4.69) is 10.6 Å². The molecule has 2 atom stereocenters. The van der Waals surface area contributed by atoms with Crippen LogP contribution in [-0.4, -0.2) is 29.9 Å². The van der Waals surface area contributed by atoms with Gasteiger partial charge in [-0.25, -0.2) is 4.79 Å². The number of nitriles is 1. The number of carbonyl (C=O) groups excluding carboxylic acids is 3. The molecule has 0 aromatic heterocycles. The molecule has 2 aromatic carbocycles. The summed E-state index contributed by atoms with van der Waals surface area (Å²) in [6.45, 7) is 3.43. The Bertz CT molecular complexity index is 904. The zero-order chi connectivity index (χ0) is 21.9. The Morgan fingerprint density at radius 2 is 1.70 bits per heavy atom. The Balaban J connectivity index is 1.80. The van der Waals surface area contributed by atoms with Crippen molar-refractivity contribution in [2.75, 3.05) is 5.32 Å². The van der Waals surface area contributed by atoms with Gasteiger partial charge in [-0.2, -0.15) is 5.26 Å². The predicted octanol–water partition coefficient (Wildman–Crippen LogP) is 3.22. The van der Waals surface area contributed by atoms with Crippen molar-refractivity contribution in [1.82, 2.24) is 5.32 Å². The zero-order valence-electron chi connectivity index (χ0n) is 17.1. The van der Waals surface area contributed by atoms with Crippen LogP contribution < -0.4 is 10.6 Å². The first-order valence-electron chi connectivity index (χ1n) is 9.71. The Morgan fingerprint density at radius 1 is 1.03 bits per heavy atom. The van der Waals surface area contributed by atoms with Crippen molar-refractivity contribution in [3.8, 4) is 6.07 Å². The van der Waals surface area contributed by atoms with E-state index in [1.807, 2.05) is 37.3 Å². The van der Waals surface area contributed by atoms with Gasteiger partial charge in [0.15, 0.2) is 6.10 Å². The van der Waals surface area contributed by atoms with Crippen LogP contribution in [-0.2, 0) is 20.7 Å². The molecular weight excluding hydrogens is 382 g/mol. The van der Waals surface area contributed by atoms with Crippen molar-refractivity contribution in [2.45, 2.75) is 45.3 Å². The lowest BCUT2D eigenvalue weighted by atomic mass is 10.1. The van der Waals surface area contributed by atoms with Gasteiger partial charge in [-0.15, -0.1) is 0 Å². The van der Waals surface area contributed by atoms with Gasteiger partial charge in [0.25, 0.3) is 5.91 Å². The summed E-state index contributed by atoms with van der Waals surface area (Å²) in [6.07, 6.45) is 0.426. The first-order valence-corrected chi connectivity index (χ1v) is 9.71. The average Bonchev–Trinajstić information content (AvgIpc) is 2.73. The van der Waals surface area contributed by atoms with Crippen LogP contribution in [0.5, 0.6) is 0 Å². The van der Waals surface area contributed by atoms with Crippen LogP contribution in [0.3, 0.4) is 0 Å². The van der Waals surface area contributed by atoms with Gasteiger partial charge in [-0.1, -0.05) is 30.3 Å². The third-order valence-electron chi connectivity index (χ3n) is 4.39. The Morgan fingerprint density at radius 3 is 2.33 bits per heavy atom. The molecule has 2 amide bonds. The Hall–Kier alpha value is -3.66. The molecule has 0 unspecified atom stereocenters. The lowest BCUT2D eigenvalue weighted by molar-refractivity contribution is -0.129. The first-order chi connectivity index (χ1) is 14.4. The fourth-order valence-corrected chi connectivity index (χ4v) is 2.71. The number of nitrogens with one attached hydrogen (secondary N) is 2. The number of hydrogen-bond acceptors (Lipinski definition) is 5. The van der Waals surface area contributed by atoms with Gasteiger partial charge in [0.2, 0.25) is 5.91 Å². The molecule has 2 aromatic rings. The van der Waals surface area contributed by atoms with Crippen LogP contribution in [0, 0.1) is 11.3 Å². The fourth-order valence-electron chi connectivity index (χ4n) is 2.71. The minimum atomic E-state index is -0.938. The number of carbonyl (C=O) groups is 3. The summed E-state index contributed by atoms with van der Waals surface area (Å²) in [4.78, 5) is 36.0. The van der Waals surface area contributed by atoms with Crippen LogP contribution in [0.4, 0.5) is 5.69 Å². The minimum absolute atomic E-state index is 0.0600. The highest BCUT2D eigenvalue weighted by atomic mass is 16.5. The minimum Gasteiger partial charge on any atom is -0.449 e. The Labute approximate surface area is 176 Å². The summed E-state index contributed by atoms with van der Waals surface area (Å²) in [5.41, 5.74) is 1.92. The van der Waals surface area contributed by atoms with Crippen molar-refractivity contribution >= 4 is 23.5 Å². The average molecular weight is 407 g/mol. The lowest BCUT2D eigenvalue weighted by Crippen LogP contribution is -2.41. The van der Waals surface area contributed by atoms with Gasteiger partial charge in [0, 0.05) is 11.7 Å². The molecule has 30 heavy (non-hydrogen) atoms. The molecule has 0 radical (unpaired) electrons. The summed E-state index contributed by atoms with van der Waals surface area (Å²) < 4.78 is 5.24. The molecule has 0 bridgehead atoms. The SMILES string of the molecule is C[C@H](CCc1ccccc1)NC(=O)[C@@H](C)OC(=O)c1ccc(NC(=O)CC#N)cc1. The second kappa shape index (κ2) is 11.4. The van der Waals surface area contributed by atoms with E-state index in [1.54, 1.807) is 6.07 Å². The fraction of sp³-hybridized carbons (Fsp3) is 0.304. The van der Waals surface area contributed by atoms with Gasteiger partial charge in [-0.05, 0) is 56.5 Å². The summed E-state index contributed by atoms with van der Waals surface area (Å²) in [6, 6.07) is 17.7. The quantitative estimate of drug-likeness (QED) is 0.621. The molecule has 2 N–H and O–H groups in total. The third kappa shape index (κ3) is 7.40. The van der Waals surface area contributed by atoms with Crippen LogP contribution in [0.15, 0.2) is 54.6 Å². The maximum Gasteiger partial charge on any atom is 0.338 e. The largest absolute Gasteiger partial charge is 0.449 e. The van der Waals surface area contributed by atoms with Crippen LogP contribution in [0.2, 0.25) is 0 Å². The summed E-state index contributed by atoms with van der Waals surface area (Å²) in [5, 5.41) is 13.9. The predicted molar refractivity (Wildman–Crippen MR) is 113 cm³/mol. The summed E-state index contributed by atoms with van der Waals surface area (Å²) in [5.74, 6) is -1.42. The number of benzene rings is 2. The van der Waals surface area contributed by atoms with E-state index in [0.29, 0.717) is 5.69 Å². The number of hydrogen-bond donors (Lipinski definition) is 2. The Kier molecular flexibility index (Phi) is 8.57. The van der Waals surface area contributed by atoms with E-state index in [4.69, 9.17) is 10.00 Å². The molecule has 0 saturated carbocycles. The number of aryl methyl sites for hydroxylation is 1. The number of ether oxygens (including phenoxy) is 1. The second-order valence-electron chi connectivity index (χ2n) is 6.94. The zero-order valence-corrected chi connectivity index (χ0v) is 17.1. The monoisotopic (exact) mass is 407 g/mol. The van der Waals surface area contributed by atoms with Crippen molar-refractivity contribution in [3.63, 3.8) is 0 Å². The van der Waals surface area contributed by atoms with Crippen molar-refractivity contribution in [3.05, 3.63) is 65.7 Å². The van der Waals surface area contributed by atoms with E-state index in [-0.39, 0.29) is 23.9 Å². The molecule has 0 fully saturated rings. The van der Waals surface area contributed by atoms with Gasteiger partial charge in [-0.3, -0.25) is 9.59 Å². The molecule has 0 saturated heterocycles. The van der Waals surface area contributed by atoms with E-state index < -0.39 is 18.0 Å². The second-order valence-corrected chi connectivity index (χ2v) is 6.94. The molecule has 2 rings (SSSR count). The van der Waals surface area contributed by atoms with E-state index in [9.17, 15) is 14.4 Å². The highest BCUT2D eigenvalue weighted by Gasteiger charge is 2.20. The molecule has 0 aliphatic heterocycles. The summed E-state index contributed by atoms with van der Waals surface area (Å²) >= 11 is 0.